The van der Waals surface area contributed by atoms with Gasteiger partial charge in [-0.3, -0.25) is 4.79 Å². The van der Waals surface area contributed by atoms with Gasteiger partial charge in [0.1, 0.15) is 0 Å². The predicted molar refractivity (Wildman–Crippen MR) is 44.5 cm³/mol. The molecule has 4 heteroatoms. The van der Waals surface area contributed by atoms with Crippen LogP contribution in [0.25, 0.3) is 0 Å². The fraction of sp³-hybridized carbons (Fsp3) is 0.167. The molecule has 0 saturated heterocycles. The fourth-order valence-corrected chi connectivity index (χ4v) is 1.17. The molecule has 1 aromatic rings. The molecule has 0 bridgehead atoms. The van der Waals surface area contributed by atoms with Gasteiger partial charge in [-0.15, -0.1) is 0 Å². The van der Waals surface area contributed by atoms with Crippen molar-refractivity contribution in [3.05, 3.63) is 31.6 Å². The Kier molecular flexibility index (Phi) is 2.16. The van der Waals surface area contributed by atoms with Crippen molar-refractivity contribution in [3.63, 3.8) is 0 Å². The lowest BCUT2D eigenvalue weighted by Gasteiger charge is -1.96. The second kappa shape index (κ2) is 2.76. The molecule has 0 aliphatic heterocycles. The molecule has 1 heterocycles. The summed E-state index contributed by atoms with van der Waals surface area (Å²) in [6, 6.07) is 0. The minimum Gasteiger partial charge on any atom is -0.327 e. The standard InChI is InChI=1S/C6H5BrClNO/c1-3-4(8)2-9-6(10)5(3)7/h2H,1H3,(H,9,10). The lowest BCUT2D eigenvalue weighted by atomic mass is 10.3. The van der Waals surface area contributed by atoms with Gasteiger partial charge in [-0.05, 0) is 28.4 Å². The number of hydrogen-bond donors (Lipinski definition) is 1. The van der Waals surface area contributed by atoms with E-state index in [1.54, 1.807) is 6.92 Å². The van der Waals surface area contributed by atoms with Crippen molar-refractivity contribution in [2.75, 3.05) is 0 Å². The molecule has 1 rings (SSSR count). The summed E-state index contributed by atoms with van der Waals surface area (Å²) in [6.07, 6.45) is 1.48. The highest BCUT2D eigenvalue weighted by molar-refractivity contribution is 9.10. The number of hydrogen-bond acceptors (Lipinski definition) is 1. The predicted octanol–water partition coefficient (Wildman–Crippen LogP) is 2.10. The average Bonchev–Trinajstić information content (AvgIpc) is 1.93. The zero-order valence-electron chi connectivity index (χ0n) is 5.24. The Morgan fingerprint density at radius 1 is 1.70 bits per heavy atom. The largest absolute Gasteiger partial charge is 0.327 e. The molecule has 0 fully saturated rings. The van der Waals surface area contributed by atoms with Crippen LogP contribution in [-0.2, 0) is 0 Å². The molecule has 0 saturated carbocycles. The van der Waals surface area contributed by atoms with Gasteiger partial charge in [-0.2, -0.15) is 0 Å². The van der Waals surface area contributed by atoms with Crippen LogP contribution in [-0.4, -0.2) is 4.98 Å². The smallest absolute Gasteiger partial charge is 0.262 e. The Hall–Kier alpha value is -0.280. The highest BCUT2D eigenvalue weighted by Gasteiger charge is 2.02. The molecule has 2 nitrogen and oxygen atoms in total. The first-order valence-corrected chi connectivity index (χ1v) is 3.83. The molecular formula is C6H5BrClNO. The second-order valence-electron chi connectivity index (χ2n) is 1.90. The summed E-state index contributed by atoms with van der Waals surface area (Å²) in [5.74, 6) is 0. The van der Waals surface area contributed by atoms with Crippen molar-refractivity contribution in [1.82, 2.24) is 4.98 Å². The quantitative estimate of drug-likeness (QED) is 0.716. The van der Waals surface area contributed by atoms with Gasteiger partial charge in [-0.1, -0.05) is 11.6 Å². The van der Waals surface area contributed by atoms with Crippen LogP contribution in [0.2, 0.25) is 5.02 Å². The first kappa shape index (κ1) is 7.82. The minimum absolute atomic E-state index is 0.151. The summed E-state index contributed by atoms with van der Waals surface area (Å²) in [6.45, 7) is 1.78. The molecule has 0 aromatic carbocycles. The maximum Gasteiger partial charge on any atom is 0.262 e. The van der Waals surface area contributed by atoms with E-state index in [4.69, 9.17) is 11.6 Å². The summed E-state index contributed by atoms with van der Waals surface area (Å²) >= 11 is 8.79. The van der Waals surface area contributed by atoms with Crippen LogP contribution in [0.5, 0.6) is 0 Å². The summed E-state index contributed by atoms with van der Waals surface area (Å²) < 4.78 is 0.500. The maximum atomic E-state index is 10.8. The van der Waals surface area contributed by atoms with Crippen LogP contribution < -0.4 is 5.56 Å². The zero-order valence-corrected chi connectivity index (χ0v) is 7.58. The number of H-pyrrole nitrogens is 1. The van der Waals surface area contributed by atoms with Gasteiger partial charge in [0, 0.05) is 6.20 Å². The van der Waals surface area contributed by atoms with Gasteiger partial charge >= 0.3 is 0 Å². The van der Waals surface area contributed by atoms with E-state index >= 15 is 0 Å². The highest BCUT2D eigenvalue weighted by atomic mass is 79.9. The Morgan fingerprint density at radius 2 is 2.30 bits per heavy atom. The lowest BCUT2D eigenvalue weighted by molar-refractivity contribution is 1.18. The summed E-state index contributed by atoms with van der Waals surface area (Å²) in [4.78, 5) is 13.3. The monoisotopic (exact) mass is 221 g/mol. The topological polar surface area (TPSA) is 32.9 Å². The summed E-state index contributed by atoms with van der Waals surface area (Å²) in [5, 5.41) is 0.562. The first-order chi connectivity index (χ1) is 4.63. The zero-order chi connectivity index (χ0) is 7.72. The summed E-state index contributed by atoms with van der Waals surface area (Å²) in [5.41, 5.74) is 0.618. The number of pyridine rings is 1. The van der Waals surface area contributed by atoms with Crippen LogP contribution >= 0.6 is 27.5 Å². The van der Waals surface area contributed by atoms with Gasteiger partial charge in [0.15, 0.2) is 0 Å². The van der Waals surface area contributed by atoms with E-state index in [1.807, 2.05) is 0 Å². The maximum absolute atomic E-state index is 10.8. The molecule has 0 aliphatic carbocycles. The van der Waals surface area contributed by atoms with Crippen molar-refractivity contribution in [1.29, 1.82) is 0 Å². The van der Waals surface area contributed by atoms with E-state index in [-0.39, 0.29) is 5.56 Å². The third kappa shape index (κ3) is 1.25. The van der Waals surface area contributed by atoms with E-state index in [1.165, 1.54) is 6.20 Å². The van der Waals surface area contributed by atoms with Gasteiger partial charge in [0.25, 0.3) is 5.56 Å². The summed E-state index contributed by atoms with van der Waals surface area (Å²) in [7, 11) is 0. The van der Waals surface area contributed by atoms with Gasteiger partial charge in [0.2, 0.25) is 0 Å². The molecule has 54 valence electrons. The third-order valence-electron chi connectivity index (χ3n) is 1.22. The third-order valence-corrected chi connectivity index (χ3v) is 2.56. The lowest BCUT2D eigenvalue weighted by Crippen LogP contribution is -2.06. The highest BCUT2D eigenvalue weighted by Crippen LogP contribution is 2.17. The van der Waals surface area contributed by atoms with Crippen LogP contribution in [0.1, 0.15) is 5.56 Å². The van der Waals surface area contributed by atoms with E-state index in [9.17, 15) is 4.79 Å². The molecule has 0 amide bonds. The Balaban J connectivity index is 3.49. The number of nitrogens with one attached hydrogen (secondary N) is 1. The van der Waals surface area contributed by atoms with Crippen molar-refractivity contribution in [3.8, 4) is 0 Å². The van der Waals surface area contributed by atoms with E-state index in [0.29, 0.717) is 9.50 Å². The number of aromatic nitrogens is 1. The van der Waals surface area contributed by atoms with Crippen molar-refractivity contribution in [2.45, 2.75) is 6.92 Å². The van der Waals surface area contributed by atoms with E-state index in [2.05, 4.69) is 20.9 Å². The van der Waals surface area contributed by atoms with Gasteiger partial charge in [0.05, 0.1) is 9.50 Å². The Morgan fingerprint density at radius 3 is 2.80 bits per heavy atom. The molecule has 0 spiro atoms. The Bertz CT molecular complexity index is 307. The first-order valence-electron chi connectivity index (χ1n) is 2.66. The molecular weight excluding hydrogens is 217 g/mol. The molecule has 1 N–H and O–H groups in total. The van der Waals surface area contributed by atoms with Crippen molar-refractivity contribution >= 4 is 27.5 Å². The van der Waals surface area contributed by atoms with Gasteiger partial charge in [-0.25, -0.2) is 0 Å². The van der Waals surface area contributed by atoms with Crippen LogP contribution in [0.15, 0.2) is 15.5 Å². The van der Waals surface area contributed by atoms with Crippen LogP contribution in [0, 0.1) is 6.92 Å². The molecule has 0 atom stereocenters. The molecule has 0 unspecified atom stereocenters. The SMILES string of the molecule is Cc1c(Cl)c[nH]c(=O)c1Br. The number of rotatable bonds is 0. The molecule has 0 radical (unpaired) electrons. The normalized spacial score (nSPS) is 9.90. The second-order valence-corrected chi connectivity index (χ2v) is 3.10. The number of halogens is 2. The van der Waals surface area contributed by atoms with Crippen LogP contribution in [0.4, 0.5) is 0 Å². The number of aromatic amines is 1. The minimum atomic E-state index is -0.151. The van der Waals surface area contributed by atoms with E-state index in [0.717, 1.165) is 5.56 Å². The Labute approximate surface area is 71.3 Å². The van der Waals surface area contributed by atoms with Crippen molar-refractivity contribution < 1.29 is 0 Å². The van der Waals surface area contributed by atoms with E-state index < -0.39 is 0 Å². The van der Waals surface area contributed by atoms with Crippen LogP contribution in [0.3, 0.4) is 0 Å². The molecule has 0 aliphatic rings. The molecule has 10 heavy (non-hydrogen) atoms. The van der Waals surface area contributed by atoms with Crippen molar-refractivity contribution in [2.24, 2.45) is 0 Å². The fourth-order valence-electron chi connectivity index (χ4n) is 0.576. The van der Waals surface area contributed by atoms with Gasteiger partial charge < -0.3 is 4.98 Å². The average molecular weight is 222 g/mol. The molecule has 1 aromatic heterocycles.